The molecule has 600 valence electrons. The van der Waals surface area contributed by atoms with Crippen LogP contribution in [-0.2, 0) is 6.42 Å². The maximum Gasteiger partial charge on any atom is 0.0541 e. The van der Waals surface area contributed by atoms with Crippen LogP contribution < -0.4 is 9.80 Å². The van der Waals surface area contributed by atoms with Gasteiger partial charge in [0.15, 0.2) is 0 Å². The van der Waals surface area contributed by atoms with Gasteiger partial charge in [0.2, 0.25) is 0 Å². The molecule has 0 bridgehead atoms. The molecule has 0 atom stereocenters. The van der Waals surface area contributed by atoms with Gasteiger partial charge in [-0.3, -0.25) is 0 Å². The molecule has 24 rings (SSSR count). The van der Waals surface area contributed by atoms with Crippen molar-refractivity contribution in [3.63, 3.8) is 0 Å². The van der Waals surface area contributed by atoms with Gasteiger partial charge in [-0.05, 0) is 272 Å². The van der Waals surface area contributed by atoms with Gasteiger partial charge >= 0.3 is 0 Å². The quantitative estimate of drug-likeness (QED) is 0.0845. The second kappa shape index (κ2) is 31.9. The van der Waals surface area contributed by atoms with Crippen molar-refractivity contribution >= 4 is 116 Å². The summed E-state index contributed by atoms with van der Waals surface area (Å²) in [7, 11) is 0. The molecule has 4 heteroatoms. The first kappa shape index (κ1) is 75.1. The Morgan fingerprint density at radius 3 is 1.19 bits per heavy atom. The average molecular weight is 1630 g/mol. The van der Waals surface area contributed by atoms with Crippen molar-refractivity contribution in [2.24, 2.45) is 0 Å². The lowest BCUT2D eigenvalue weighted by atomic mass is 9.90. The largest absolute Gasteiger partial charge is 0.310 e. The van der Waals surface area contributed by atoms with Crippen LogP contribution in [0.4, 0.5) is 34.1 Å². The van der Waals surface area contributed by atoms with Gasteiger partial charge in [-0.1, -0.05) is 358 Å². The lowest BCUT2D eigenvalue weighted by molar-refractivity contribution is 0.968. The van der Waals surface area contributed by atoms with Crippen molar-refractivity contribution in [2.45, 2.75) is 12.8 Å². The molecular weight excluding hydrogens is 1550 g/mol. The minimum atomic E-state index is 1.02. The average Bonchev–Trinajstić information content (AvgIpc) is 1.27. The number of nitrogens with zero attached hydrogens (tertiary/aromatic N) is 4. The normalized spacial score (nSPS) is 12.0. The Balaban J connectivity index is 0.609. The van der Waals surface area contributed by atoms with Crippen molar-refractivity contribution in [2.75, 3.05) is 9.80 Å². The molecule has 0 saturated carbocycles. The summed E-state index contributed by atoms with van der Waals surface area (Å²) >= 11 is 0. The summed E-state index contributed by atoms with van der Waals surface area (Å²) in [5.41, 5.74) is 35.5. The molecule has 1 aliphatic rings. The molecule has 0 fully saturated rings. The second-order valence-electron chi connectivity index (χ2n) is 33.6. The summed E-state index contributed by atoms with van der Waals surface area (Å²) in [6.07, 6.45) is 6.73. The molecule has 0 N–H and O–H groups in total. The summed E-state index contributed by atoms with van der Waals surface area (Å²) in [5.74, 6) is 0. The highest BCUT2D eigenvalue weighted by molar-refractivity contribution is 6.17. The third-order valence-electron chi connectivity index (χ3n) is 26.3. The van der Waals surface area contributed by atoms with Gasteiger partial charge in [0.1, 0.15) is 0 Å². The number of allylic oxidation sites excluding steroid dienone is 1. The van der Waals surface area contributed by atoms with Crippen LogP contribution in [0.2, 0.25) is 0 Å². The van der Waals surface area contributed by atoms with E-state index in [1.165, 1.54) is 98.2 Å². The van der Waals surface area contributed by atoms with Crippen LogP contribution in [0, 0.1) is 0 Å². The number of aromatic nitrogens is 2. The van der Waals surface area contributed by atoms with Gasteiger partial charge in [0, 0.05) is 67.0 Å². The van der Waals surface area contributed by atoms with Gasteiger partial charge in [0.05, 0.1) is 33.6 Å². The number of fused-ring (bicyclic) bond motifs is 12. The van der Waals surface area contributed by atoms with Gasteiger partial charge in [-0.25, -0.2) is 0 Å². The zero-order chi connectivity index (χ0) is 84.5. The number of benzene rings is 21. The number of para-hydroxylation sites is 6. The molecule has 0 spiro atoms. The Morgan fingerprint density at radius 2 is 0.586 bits per heavy atom. The fourth-order valence-electron chi connectivity index (χ4n) is 20.5. The van der Waals surface area contributed by atoms with Crippen LogP contribution in [0.15, 0.2) is 479 Å². The van der Waals surface area contributed by atoms with Crippen molar-refractivity contribution in [1.82, 2.24) is 9.13 Å². The topological polar surface area (TPSA) is 16.3 Å². The third-order valence-corrected chi connectivity index (χ3v) is 26.3. The second-order valence-corrected chi connectivity index (χ2v) is 33.6. The van der Waals surface area contributed by atoms with E-state index in [1.54, 1.807) is 0 Å². The first-order valence-electron chi connectivity index (χ1n) is 44.4. The standard InChI is InChI=1S/C124H84N4/c1-4-33-84(34-5-1)101-47-16-23-58-118(101)126(98-71-74-107(117(82-98)86-37-8-3-9-38-86)109-53-18-25-60-120(109)128-123-63-28-21-56-112(123)113-57-22-29-64-124(113)128)96-45-32-43-91(78-96)115-80-93-76-89(67-72-100(93)103-49-13-15-51-105(103)115)88-41-30-40-87(75-88)83-65-68-94(69-66-83)125(95-44-31-42-90(77-95)114-79-92-39-10-11-46-99(92)102-48-12-14-50-104(102)114)97-70-73-106(116(81-97)85-35-6-2-7-36-85)108-52-17-24-59-119(108)127-121-61-26-19-54-110(121)111-55-20-27-62-122(111)127/h1-19,21-54,56-82H,20,55H2. The lowest BCUT2D eigenvalue weighted by Gasteiger charge is -2.29. The maximum atomic E-state index is 2.50. The highest BCUT2D eigenvalue weighted by Crippen LogP contribution is 2.51. The summed E-state index contributed by atoms with van der Waals surface area (Å²) in [6, 6.07) is 175. The zero-order valence-corrected chi connectivity index (χ0v) is 70.4. The lowest BCUT2D eigenvalue weighted by Crippen LogP contribution is -2.12. The summed E-state index contributed by atoms with van der Waals surface area (Å²) in [6.45, 7) is 0. The molecule has 128 heavy (non-hydrogen) atoms. The highest BCUT2D eigenvalue weighted by Gasteiger charge is 2.27. The van der Waals surface area contributed by atoms with E-state index in [1.807, 2.05) is 0 Å². The van der Waals surface area contributed by atoms with E-state index in [0.717, 1.165) is 147 Å². The first-order chi connectivity index (χ1) is 63.5. The van der Waals surface area contributed by atoms with E-state index in [9.17, 15) is 0 Å². The number of anilines is 6. The highest BCUT2D eigenvalue weighted by atomic mass is 15.2. The molecule has 0 unspecified atom stereocenters. The van der Waals surface area contributed by atoms with Crippen molar-refractivity contribution in [3.05, 3.63) is 491 Å². The van der Waals surface area contributed by atoms with E-state index in [4.69, 9.17) is 0 Å². The Morgan fingerprint density at radius 1 is 0.188 bits per heavy atom. The Labute approximate surface area is 744 Å². The molecule has 0 radical (unpaired) electrons. The molecule has 0 amide bonds. The van der Waals surface area contributed by atoms with E-state index >= 15 is 0 Å². The van der Waals surface area contributed by atoms with Crippen molar-refractivity contribution < 1.29 is 0 Å². The number of aryl methyl sites for hydroxylation is 1. The smallest absolute Gasteiger partial charge is 0.0541 e. The Kier molecular flexibility index (Phi) is 18.7. The monoisotopic (exact) mass is 1630 g/mol. The molecular formula is C124H84N4. The fraction of sp³-hybridized carbons (Fsp3) is 0.0161. The predicted octanol–water partition coefficient (Wildman–Crippen LogP) is 34.2. The summed E-state index contributed by atoms with van der Waals surface area (Å²) < 4.78 is 4.95. The minimum absolute atomic E-state index is 1.02. The van der Waals surface area contributed by atoms with Gasteiger partial charge in [0.25, 0.3) is 0 Å². The fourth-order valence-corrected chi connectivity index (χ4v) is 20.5. The summed E-state index contributed by atoms with van der Waals surface area (Å²) in [5, 5.41) is 13.5. The molecule has 2 heterocycles. The van der Waals surface area contributed by atoms with Crippen LogP contribution >= 0.6 is 0 Å². The van der Waals surface area contributed by atoms with Crippen LogP contribution in [0.25, 0.3) is 193 Å². The number of hydrogen-bond donors (Lipinski definition) is 0. The van der Waals surface area contributed by atoms with Crippen molar-refractivity contribution in [3.8, 4) is 112 Å². The van der Waals surface area contributed by atoms with Crippen LogP contribution in [0.3, 0.4) is 0 Å². The number of hydrogen-bond acceptors (Lipinski definition) is 2. The van der Waals surface area contributed by atoms with Gasteiger partial charge < -0.3 is 18.9 Å². The molecule has 2 aromatic heterocycles. The predicted molar refractivity (Wildman–Crippen MR) is 543 cm³/mol. The zero-order valence-electron chi connectivity index (χ0n) is 70.4. The molecule has 0 aliphatic heterocycles. The van der Waals surface area contributed by atoms with Crippen LogP contribution in [0.5, 0.6) is 0 Å². The van der Waals surface area contributed by atoms with E-state index in [-0.39, 0.29) is 0 Å². The Bertz CT molecular complexity index is 8260. The molecule has 4 nitrogen and oxygen atoms in total. The van der Waals surface area contributed by atoms with E-state index < -0.39 is 0 Å². The third kappa shape index (κ3) is 13.2. The van der Waals surface area contributed by atoms with Gasteiger partial charge in [-0.15, -0.1) is 0 Å². The molecule has 1 aliphatic carbocycles. The molecule has 21 aromatic carbocycles. The van der Waals surface area contributed by atoms with E-state index in [2.05, 4.69) is 504 Å². The summed E-state index contributed by atoms with van der Waals surface area (Å²) in [4.78, 5) is 4.93. The van der Waals surface area contributed by atoms with Gasteiger partial charge in [-0.2, -0.15) is 0 Å². The molecule has 23 aromatic rings. The van der Waals surface area contributed by atoms with Crippen LogP contribution in [-0.4, -0.2) is 9.13 Å². The Hall–Kier alpha value is -16.7. The minimum Gasteiger partial charge on any atom is -0.310 e. The molecule has 0 saturated heterocycles. The van der Waals surface area contributed by atoms with Crippen LogP contribution in [0.1, 0.15) is 17.7 Å². The number of rotatable bonds is 17. The SMILES string of the molecule is C1=Cc2c(c3ccccc3n2-c2ccccc2-c2ccc(N(c3ccc(-c4cccc(-c5ccc6c(c5)cc(-c5cccc(N(c7ccc(-c8ccccc8-n8c9ccccc9c9ccccc98)c(-c8ccccc8)c7)c7ccccc7-c7ccccc7)c5)c5ccccc56)c4)cc3)c3cccc(-c4cc5ccccc5c5ccccc45)c3)cc2-c2ccccc2)CC1. The van der Waals surface area contributed by atoms with E-state index in [0.29, 0.717) is 0 Å². The van der Waals surface area contributed by atoms with Crippen molar-refractivity contribution in [1.29, 1.82) is 0 Å². The first-order valence-corrected chi connectivity index (χ1v) is 44.4. The maximum absolute atomic E-state index is 2.50.